The minimum absolute atomic E-state index is 0.155. The third-order valence-corrected chi connectivity index (χ3v) is 3.49. The van der Waals surface area contributed by atoms with Crippen molar-refractivity contribution in [3.8, 4) is 0 Å². The smallest absolute Gasteiger partial charge is 0.247 e. The number of anilines is 2. The molecule has 1 amide bonds. The Morgan fingerprint density at radius 2 is 2.19 bits per heavy atom. The van der Waals surface area contributed by atoms with Crippen LogP contribution in [0, 0.1) is 11.6 Å². The molecule has 2 N–H and O–H groups in total. The Balaban J connectivity index is 1.75. The fraction of sp³-hybridized carbons (Fsp3) is 0.143. The monoisotopic (exact) mass is 309 g/mol. The predicted molar refractivity (Wildman–Crippen MR) is 75.3 cm³/mol. The fourth-order valence-electron chi connectivity index (χ4n) is 2.16. The largest absolute Gasteiger partial charge is 0.372 e. The minimum atomic E-state index is -0.876. The summed E-state index contributed by atoms with van der Waals surface area (Å²) in [7, 11) is 0. The molecule has 21 heavy (non-hydrogen) atoms. The van der Waals surface area contributed by atoms with Crippen LogP contribution in [-0.4, -0.2) is 16.9 Å². The molecule has 0 fully saturated rings. The summed E-state index contributed by atoms with van der Waals surface area (Å²) in [6.07, 6.45) is 2.04. The number of nitrogens with one attached hydrogen (secondary N) is 2. The van der Waals surface area contributed by atoms with Crippen molar-refractivity contribution in [3.05, 3.63) is 52.8 Å². The molecule has 0 bridgehead atoms. The third-order valence-electron chi connectivity index (χ3n) is 3.20. The first-order valence-electron chi connectivity index (χ1n) is 6.20. The predicted octanol–water partition coefficient (Wildman–Crippen LogP) is 2.99. The number of fused-ring (bicyclic) bond motifs is 1. The Labute approximate surface area is 124 Å². The zero-order chi connectivity index (χ0) is 15.0. The summed E-state index contributed by atoms with van der Waals surface area (Å²) in [4.78, 5) is 16.3. The van der Waals surface area contributed by atoms with Crippen LogP contribution in [0.3, 0.4) is 0 Å². The molecular formula is C14H10ClF2N3O. The number of pyridine rings is 1. The van der Waals surface area contributed by atoms with Crippen LogP contribution in [0.1, 0.15) is 5.69 Å². The standard InChI is InChI=1S/C14H10ClF2N3O/c15-7-4-11(9(17)5-8(7)16)20-14(21)13-6-12-10(19-13)2-1-3-18-12/h1-5,13,19H,6H2,(H,20,21). The van der Waals surface area contributed by atoms with E-state index in [1.165, 1.54) is 0 Å². The maximum atomic E-state index is 13.6. The zero-order valence-electron chi connectivity index (χ0n) is 10.7. The molecule has 3 rings (SSSR count). The van der Waals surface area contributed by atoms with E-state index < -0.39 is 23.6 Å². The molecule has 4 nitrogen and oxygen atoms in total. The second kappa shape index (κ2) is 5.29. The molecular weight excluding hydrogens is 300 g/mol. The maximum absolute atomic E-state index is 13.6. The van der Waals surface area contributed by atoms with Gasteiger partial charge in [-0.3, -0.25) is 9.78 Å². The Morgan fingerprint density at radius 1 is 1.38 bits per heavy atom. The van der Waals surface area contributed by atoms with Gasteiger partial charge in [-0.05, 0) is 18.2 Å². The normalized spacial score (nSPS) is 16.2. The molecule has 2 heterocycles. The second-order valence-electron chi connectivity index (χ2n) is 4.63. The van der Waals surface area contributed by atoms with Gasteiger partial charge in [0.2, 0.25) is 5.91 Å². The van der Waals surface area contributed by atoms with Crippen molar-refractivity contribution in [1.82, 2.24) is 4.98 Å². The van der Waals surface area contributed by atoms with Gasteiger partial charge in [-0.1, -0.05) is 11.6 Å². The summed E-state index contributed by atoms with van der Waals surface area (Å²) in [6.45, 7) is 0. The van der Waals surface area contributed by atoms with Gasteiger partial charge in [-0.25, -0.2) is 8.78 Å². The molecule has 0 saturated heterocycles. The topological polar surface area (TPSA) is 54.0 Å². The molecule has 7 heteroatoms. The first-order valence-corrected chi connectivity index (χ1v) is 6.58. The van der Waals surface area contributed by atoms with Gasteiger partial charge in [0, 0.05) is 18.7 Å². The van der Waals surface area contributed by atoms with Crippen LogP contribution in [0.4, 0.5) is 20.2 Å². The van der Waals surface area contributed by atoms with Gasteiger partial charge in [0.15, 0.2) is 0 Å². The lowest BCUT2D eigenvalue weighted by molar-refractivity contribution is -0.116. The number of nitrogens with zero attached hydrogens (tertiary/aromatic N) is 1. The van der Waals surface area contributed by atoms with Crippen LogP contribution in [0.2, 0.25) is 5.02 Å². The number of amides is 1. The highest BCUT2D eigenvalue weighted by molar-refractivity contribution is 6.31. The van der Waals surface area contributed by atoms with Gasteiger partial charge < -0.3 is 10.6 Å². The summed E-state index contributed by atoms with van der Waals surface area (Å²) >= 11 is 5.58. The van der Waals surface area contributed by atoms with Crippen molar-refractivity contribution < 1.29 is 13.6 Å². The van der Waals surface area contributed by atoms with E-state index in [9.17, 15) is 13.6 Å². The van der Waals surface area contributed by atoms with Gasteiger partial charge >= 0.3 is 0 Å². The number of rotatable bonds is 2. The van der Waals surface area contributed by atoms with Crippen LogP contribution in [0.25, 0.3) is 0 Å². The Bertz CT molecular complexity index is 698. The molecule has 1 aromatic heterocycles. The van der Waals surface area contributed by atoms with Crippen molar-refractivity contribution in [1.29, 1.82) is 0 Å². The van der Waals surface area contributed by atoms with Crippen molar-refractivity contribution >= 4 is 28.9 Å². The molecule has 0 spiro atoms. The van der Waals surface area contributed by atoms with Gasteiger partial charge in [-0.2, -0.15) is 0 Å². The van der Waals surface area contributed by atoms with Crippen molar-refractivity contribution in [2.45, 2.75) is 12.5 Å². The van der Waals surface area contributed by atoms with E-state index >= 15 is 0 Å². The first-order chi connectivity index (χ1) is 10.0. The van der Waals surface area contributed by atoms with Crippen molar-refractivity contribution in [2.24, 2.45) is 0 Å². The van der Waals surface area contributed by atoms with E-state index in [0.717, 1.165) is 17.4 Å². The summed E-state index contributed by atoms with van der Waals surface area (Å²) < 4.78 is 26.7. The highest BCUT2D eigenvalue weighted by Crippen LogP contribution is 2.26. The number of carbonyl (C=O) groups is 1. The Kier molecular flexibility index (Phi) is 3.47. The lowest BCUT2D eigenvalue weighted by Gasteiger charge is -2.12. The van der Waals surface area contributed by atoms with Crippen LogP contribution in [0.5, 0.6) is 0 Å². The zero-order valence-corrected chi connectivity index (χ0v) is 11.4. The molecule has 0 radical (unpaired) electrons. The van der Waals surface area contributed by atoms with Gasteiger partial charge in [0.05, 0.1) is 22.1 Å². The number of hydrogen-bond acceptors (Lipinski definition) is 3. The van der Waals surface area contributed by atoms with Crippen LogP contribution >= 0.6 is 11.6 Å². The van der Waals surface area contributed by atoms with Crippen LogP contribution in [-0.2, 0) is 11.2 Å². The lowest BCUT2D eigenvalue weighted by atomic mass is 10.2. The SMILES string of the molecule is O=C(Nc1cc(Cl)c(F)cc1F)C1Cc2ncccc2N1. The van der Waals surface area contributed by atoms with Gasteiger partial charge in [-0.15, -0.1) is 0 Å². The van der Waals surface area contributed by atoms with E-state index in [1.807, 2.05) is 6.07 Å². The van der Waals surface area contributed by atoms with E-state index in [4.69, 9.17) is 11.6 Å². The van der Waals surface area contributed by atoms with E-state index in [-0.39, 0.29) is 10.7 Å². The number of carbonyl (C=O) groups excluding carboxylic acids is 1. The molecule has 1 unspecified atom stereocenters. The van der Waals surface area contributed by atoms with E-state index in [2.05, 4.69) is 15.6 Å². The van der Waals surface area contributed by atoms with Crippen molar-refractivity contribution in [2.75, 3.05) is 10.6 Å². The quantitative estimate of drug-likeness (QED) is 0.839. The fourth-order valence-corrected chi connectivity index (χ4v) is 2.32. The Hall–Kier alpha value is -2.21. The molecule has 0 saturated carbocycles. The molecule has 0 aliphatic carbocycles. The molecule has 2 aromatic rings. The maximum Gasteiger partial charge on any atom is 0.247 e. The number of benzene rings is 1. The van der Waals surface area contributed by atoms with E-state index in [0.29, 0.717) is 12.5 Å². The van der Waals surface area contributed by atoms with Gasteiger partial charge in [0.25, 0.3) is 0 Å². The molecule has 108 valence electrons. The highest BCUT2D eigenvalue weighted by Gasteiger charge is 2.28. The van der Waals surface area contributed by atoms with Crippen LogP contribution in [0.15, 0.2) is 30.5 Å². The molecule has 1 atom stereocenters. The minimum Gasteiger partial charge on any atom is -0.372 e. The van der Waals surface area contributed by atoms with Gasteiger partial charge in [0.1, 0.15) is 17.7 Å². The van der Waals surface area contributed by atoms with Crippen LogP contribution < -0.4 is 10.6 Å². The average molecular weight is 310 g/mol. The third kappa shape index (κ3) is 2.67. The number of halogens is 3. The first kappa shape index (κ1) is 13.8. The summed E-state index contributed by atoms with van der Waals surface area (Å²) in [5.41, 5.74) is 1.39. The van der Waals surface area contributed by atoms with Crippen molar-refractivity contribution in [3.63, 3.8) is 0 Å². The average Bonchev–Trinajstić information content (AvgIpc) is 2.88. The summed E-state index contributed by atoms with van der Waals surface area (Å²) in [6, 6.07) is 4.69. The summed E-state index contributed by atoms with van der Waals surface area (Å²) in [5, 5.41) is 5.14. The number of hydrogen-bond donors (Lipinski definition) is 2. The highest BCUT2D eigenvalue weighted by atomic mass is 35.5. The lowest BCUT2D eigenvalue weighted by Crippen LogP contribution is -2.33. The molecule has 1 aliphatic rings. The number of aromatic nitrogens is 1. The second-order valence-corrected chi connectivity index (χ2v) is 5.04. The van der Waals surface area contributed by atoms with E-state index in [1.54, 1.807) is 12.3 Å². The molecule has 1 aliphatic heterocycles. The summed E-state index contributed by atoms with van der Waals surface area (Å²) in [5.74, 6) is -2.18. The molecule has 1 aromatic carbocycles. The Morgan fingerprint density at radius 3 is 2.95 bits per heavy atom.